The number of carbonyl (C=O) groups excluding carboxylic acids is 6. The second-order valence-corrected chi connectivity index (χ2v) is 17.8. The number of aromatic nitrogens is 5. The van der Waals surface area contributed by atoms with Gasteiger partial charge in [0.2, 0.25) is 17.7 Å². The lowest BCUT2D eigenvalue weighted by Gasteiger charge is -2.27. The molecule has 4 atom stereocenters. The number of halogens is 1. The third kappa shape index (κ3) is 15.5. The molecule has 2 fully saturated rings. The number of hydrogen-bond acceptors (Lipinski definition) is 16. The van der Waals surface area contributed by atoms with Gasteiger partial charge < -0.3 is 45.3 Å². The summed E-state index contributed by atoms with van der Waals surface area (Å²) >= 11 is 3.35. The molecular formula is C47H58BrN9O12. The number of benzene rings is 1. The van der Waals surface area contributed by atoms with E-state index in [1.807, 2.05) is 25.1 Å². The molecule has 69 heavy (non-hydrogen) atoms. The van der Waals surface area contributed by atoms with E-state index >= 15 is 0 Å². The maximum absolute atomic E-state index is 13.8. The van der Waals surface area contributed by atoms with Gasteiger partial charge in [-0.3, -0.25) is 38.2 Å². The number of nitrogens with zero attached hydrogens (tertiary/aromatic N) is 6. The van der Waals surface area contributed by atoms with Gasteiger partial charge in [-0.05, 0) is 83.3 Å². The van der Waals surface area contributed by atoms with Crippen molar-refractivity contribution in [1.82, 2.24) is 34.9 Å². The maximum atomic E-state index is 13.8. The molecule has 0 radical (unpaired) electrons. The third-order valence-electron chi connectivity index (χ3n) is 11.7. The zero-order chi connectivity index (χ0) is 49.5. The van der Waals surface area contributed by atoms with Crippen molar-refractivity contribution in [3.8, 4) is 11.1 Å². The van der Waals surface area contributed by atoms with E-state index < -0.39 is 18.1 Å². The number of fused-ring (bicyclic) bond motifs is 2. The molecule has 6 rings (SSSR count). The highest BCUT2D eigenvalue weighted by Crippen LogP contribution is 2.50. The van der Waals surface area contributed by atoms with Gasteiger partial charge in [-0.2, -0.15) is 5.10 Å². The number of carboxylic acid groups (broad SMARTS) is 1. The van der Waals surface area contributed by atoms with Crippen LogP contribution in [-0.4, -0.2) is 154 Å². The molecule has 0 bridgehead atoms. The van der Waals surface area contributed by atoms with Gasteiger partial charge in [0.25, 0.3) is 0 Å². The summed E-state index contributed by atoms with van der Waals surface area (Å²) < 4.78 is 23.7. The average Bonchev–Trinajstić information content (AvgIpc) is 3.84. The van der Waals surface area contributed by atoms with Gasteiger partial charge in [-0.1, -0.05) is 12.1 Å². The van der Waals surface area contributed by atoms with Crippen molar-refractivity contribution in [3.05, 3.63) is 64.4 Å². The molecule has 1 aliphatic heterocycles. The van der Waals surface area contributed by atoms with Crippen LogP contribution in [0.3, 0.4) is 0 Å². The van der Waals surface area contributed by atoms with Crippen LogP contribution in [0.15, 0.2) is 47.3 Å². The first-order chi connectivity index (χ1) is 33.2. The van der Waals surface area contributed by atoms with Crippen LogP contribution in [-0.2, 0) is 60.7 Å². The predicted octanol–water partition coefficient (Wildman–Crippen LogP) is 2.87. The summed E-state index contributed by atoms with van der Waals surface area (Å²) in [7, 11) is 0. The molecule has 0 unspecified atom stereocenters. The number of nitrogens with two attached hydrogens (primary N) is 1. The van der Waals surface area contributed by atoms with Gasteiger partial charge >= 0.3 is 5.97 Å². The van der Waals surface area contributed by atoms with E-state index in [1.54, 1.807) is 29.4 Å². The highest BCUT2D eigenvalue weighted by atomic mass is 79.9. The molecule has 2 aliphatic rings. The average molecular weight is 1020 g/mol. The van der Waals surface area contributed by atoms with Gasteiger partial charge in [0.15, 0.2) is 11.6 Å². The monoisotopic (exact) mass is 1020 g/mol. The Bertz CT molecular complexity index is 2490. The Balaban J connectivity index is 0.843. The van der Waals surface area contributed by atoms with Crippen molar-refractivity contribution in [2.24, 2.45) is 17.6 Å². The SMILES string of the molecule is CC(=O)c1nn(CC(=O)N2C[C@H]3C[C@H]3[C@H]2C(=O)Nc2nc(Br)ccc2C)c2ccc(-c3cnc(CCC(=O)COCCOCCNC(=O)COCCOCCCC(=O)CC[C@H](N)C(=O)O)nc3)cc12. The molecule has 3 aromatic heterocycles. The molecule has 0 spiro atoms. The van der Waals surface area contributed by atoms with Crippen LogP contribution in [0.1, 0.15) is 67.3 Å². The standard InChI is InChI=1S/C47H58BrN9O12/c1-28-5-11-39(48)53-45(28)54-46(63)44-35-21-31(35)24-56(44)42(62)25-57-38-10-6-30(20-36(38)43(55-57)29(2)58)32-22-51-40(52-23-32)12-8-34(60)26-68-18-17-67-15-13-50-41(61)27-69-19-16-66-14-3-4-33(59)7-9-37(49)47(64)65/h5-6,10-11,20,22-23,31,35,37,44H,3-4,7-9,12-19,21,24-27,49H2,1-2H3,(H,50,61)(H,64,65)(H,53,54,63)/t31-,35-,37+,44+/m1/s1. The van der Waals surface area contributed by atoms with Crippen molar-refractivity contribution < 1.29 is 57.6 Å². The molecule has 1 aliphatic carbocycles. The van der Waals surface area contributed by atoms with Crippen LogP contribution < -0.4 is 16.4 Å². The molecule has 4 aromatic rings. The summed E-state index contributed by atoms with van der Waals surface area (Å²) in [5.41, 5.74) is 8.42. The number of likely N-dealkylation sites (tertiary alicyclic amines) is 1. The maximum Gasteiger partial charge on any atom is 0.320 e. The summed E-state index contributed by atoms with van der Waals surface area (Å²) in [6.07, 6.45) is 5.64. The number of carbonyl (C=O) groups is 7. The lowest BCUT2D eigenvalue weighted by molar-refractivity contribution is -0.139. The van der Waals surface area contributed by atoms with Crippen molar-refractivity contribution in [1.29, 1.82) is 0 Å². The zero-order valence-electron chi connectivity index (χ0n) is 38.7. The van der Waals surface area contributed by atoms with E-state index in [4.69, 9.17) is 29.8 Å². The van der Waals surface area contributed by atoms with Crippen LogP contribution in [0.4, 0.5) is 5.82 Å². The number of rotatable bonds is 30. The van der Waals surface area contributed by atoms with Gasteiger partial charge in [0.1, 0.15) is 59.6 Å². The largest absolute Gasteiger partial charge is 0.480 e. The second kappa shape index (κ2) is 25.6. The fraction of sp³-hybridized carbons (Fsp3) is 0.511. The van der Waals surface area contributed by atoms with Crippen LogP contribution in [0.5, 0.6) is 0 Å². The Morgan fingerprint density at radius 2 is 1.61 bits per heavy atom. The number of hydrogen-bond donors (Lipinski definition) is 4. The first kappa shape index (κ1) is 52.5. The minimum absolute atomic E-state index is 0.0702. The van der Waals surface area contributed by atoms with Crippen LogP contribution in [0.2, 0.25) is 0 Å². The Labute approximate surface area is 406 Å². The molecule has 4 heterocycles. The van der Waals surface area contributed by atoms with E-state index in [0.717, 1.165) is 17.5 Å². The van der Waals surface area contributed by atoms with Crippen molar-refractivity contribution in [3.63, 3.8) is 0 Å². The number of carboxylic acids is 1. The number of piperidine rings is 1. The lowest BCUT2D eigenvalue weighted by atomic mass is 10.0. The van der Waals surface area contributed by atoms with Crippen molar-refractivity contribution in [2.45, 2.75) is 77.4 Å². The molecule has 21 nitrogen and oxygen atoms in total. The number of nitrogens with one attached hydrogen (secondary N) is 2. The van der Waals surface area contributed by atoms with Gasteiger partial charge in [0.05, 0.1) is 38.6 Å². The quantitative estimate of drug-likeness (QED) is 0.0332. The Kier molecular flexibility index (Phi) is 19.5. The first-order valence-corrected chi connectivity index (χ1v) is 23.6. The van der Waals surface area contributed by atoms with Gasteiger partial charge in [0, 0.05) is 75.6 Å². The minimum Gasteiger partial charge on any atom is -0.480 e. The minimum atomic E-state index is -1.13. The topological polar surface area (TPSA) is 286 Å². The van der Waals surface area contributed by atoms with E-state index in [0.29, 0.717) is 58.7 Å². The van der Waals surface area contributed by atoms with Crippen LogP contribution >= 0.6 is 15.9 Å². The summed E-state index contributed by atoms with van der Waals surface area (Å²) in [5, 5.41) is 19.5. The van der Waals surface area contributed by atoms with Gasteiger partial charge in [-0.15, -0.1) is 0 Å². The molecule has 5 N–H and O–H groups in total. The summed E-state index contributed by atoms with van der Waals surface area (Å²) in [6.45, 7) is 5.07. The number of Topliss-reactive ketones (excluding diaryl/α,β-unsaturated/α-hetero) is 3. The van der Waals surface area contributed by atoms with E-state index in [1.165, 1.54) is 11.6 Å². The highest BCUT2D eigenvalue weighted by Gasteiger charge is 2.57. The van der Waals surface area contributed by atoms with Crippen molar-refractivity contribution in [2.75, 3.05) is 71.3 Å². The number of anilines is 1. The number of aryl methyl sites for hydroxylation is 2. The molecule has 1 saturated heterocycles. The number of ketones is 3. The normalized spacial score (nSPS) is 16.5. The molecule has 3 amide bonds. The van der Waals surface area contributed by atoms with Gasteiger partial charge in [-0.25, -0.2) is 15.0 Å². The van der Waals surface area contributed by atoms with E-state index in [-0.39, 0.29) is 138 Å². The fourth-order valence-corrected chi connectivity index (χ4v) is 8.14. The van der Waals surface area contributed by atoms with Crippen LogP contribution in [0.25, 0.3) is 22.0 Å². The molecule has 1 saturated carbocycles. The van der Waals surface area contributed by atoms with Crippen molar-refractivity contribution >= 4 is 73.7 Å². The summed E-state index contributed by atoms with van der Waals surface area (Å²) in [5.74, 6) is -1.20. The third-order valence-corrected chi connectivity index (χ3v) is 12.1. The number of aliphatic carboxylic acids is 1. The zero-order valence-corrected chi connectivity index (χ0v) is 40.2. The van der Waals surface area contributed by atoms with Crippen LogP contribution in [0, 0.1) is 18.8 Å². The molecule has 370 valence electrons. The predicted molar refractivity (Wildman–Crippen MR) is 252 cm³/mol. The van der Waals surface area contributed by atoms with E-state index in [9.17, 15) is 33.6 Å². The smallest absolute Gasteiger partial charge is 0.320 e. The first-order valence-electron chi connectivity index (χ1n) is 22.8. The summed E-state index contributed by atoms with van der Waals surface area (Å²) in [6, 6.07) is 7.43. The molecule has 22 heteroatoms. The Morgan fingerprint density at radius 1 is 0.884 bits per heavy atom. The van der Waals surface area contributed by atoms with E-state index in [2.05, 4.69) is 46.6 Å². The molecular weight excluding hydrogens is 962 g/mol. The highest BCUT2D eigenvalue weighted by molar-refractivity contribution is 9.10. The number of pyridine rings is 1. The second-order valence-electron chi connectivity index (χ2n) is 17.0. The Hall–Kier alpha value is -5.91. The Morgan fingerprint density at radius 3 is 2.35 bits per heavy atom. The fourth-order valence-electron chi connectivity index (χ4n) is 7.84. The lowest BCUT2D eigenvalue weighted by Crippen LogP contribution is -2.47. The molecule has 1 aromatic carbocycles. The summed E-state index contributed by atoms with van der Waals surface area (Å²) in [4.78, 5) is 102. The number of ether oxygens (including phenoxy) is 4. The number of amides is 3.